The molecule has 0 spiro atoms. The number of hydrogen-bond donors (Lipinski definition) is 0. The molecule has 82 valence electrons. The lowest BCUT2D eigenvalue weighted by molar-refractivity contribution is -0.151. The van der Waals surface area contributed by atoms with Gasteiger partial charge in [0, 0.05) is 0 Å². The van der Waals surface area contributed by atoms with E-state index in [1.165, 1.54) is 0 Å². The highest BCUT2D eigenvalue weighted by molar-refractivity contribution is 9.10. The molecule has 0 bridgehead atoms. The van der Waals surface area contributed by atoms with Gasteiger partial charge in [-0.2, -0.15) is 5.10 Å². The van der Waals surface area contributed by atoms with E-state index < -0.39 is 6.04 Å². The molecule has 0 saturated heterocycles. The minimum absolute atomic E-state index is 0.297. The van der Waals surface area contributed by atoms with Crippen LogP contribution in [0.3, 0.4) is 0 Å². The van der Waals surface area contributed by atoms with Crippen LogP contribution >= 0.6 is 15.9 Å². The van der Waals surface area contributed by atoms with Crippen molar-refractivity contribution in [3.8, 4) is 0 Å². The molecule has 0 aromatic carbocycles. The Morgan fingerprint density at radius 3 is 3.40 bits per heavy atom. The Bertz CT molecular complexity index is 377. The second-order valence-corrected chi connectivity index (χ2v) is 4.02. The van der Waals surface area contributed by atoms with Gasteiger partial charge in [-0.15, -0.1) is 0 Å². The molecule has 1 aliphatic heterocycles. The largest absolute Gasteiger partial charge is 0.464 e. The van der Waals surface area contributed by atoms with Gasteiger partial charge in [0.05, 0.1) is 36.2 Å². The van der Waals surface area contributed by atoms with E-state index in [-0.39, 0.29) is 5.97 Å². The number of rotatable bonds is 2. The highest BCUT2D eigenvalue weighted by Gasteiger charge is 2.29. The van der Waals surface area contributed by atoms with E-state index in [1.807, 2.05) is 0 Å². The van der Waals surface area contributed by atoms with Crippen LogP contribution < -0.4 is 0 Å². The minimum atomic E-state index is -0.458. The predicted octanol–water partition coefficient (Wildman–Crippen LogP) is 1.28. The third-order valence-corrected chi connectivity index (χ3v) is 2.88. The second kappa shape index (κ2) is 4.32. The molecule has 5 nitrogen and oxygen atoms in total. The number of halogens is 1. The quantitative estimate of drug-likeness (QED) is 0.763. The fraction of sp³-hybridized carbons (Fsp3) is 0.556. The van der Waals surface area contributed by atoms with Crippen molar-refractivity contribution in [3.63, 3.8) is 0 Å². The third-order valence-electron chi connectivity index (χ3n) is 2.22. The predicted molar refractivity (Wildman–Crippen MR) is 55.3 cm³/mol. The average Bonchev–Trinajstić information content (AvgIpc) is 2.61. The summed E-state index contributed by atoms with van der Waals surface area (Å²) in [4.78, 5) is 11.6. The summed E-state index contributed by atoms with van der Waals surface area (Å²) in [5, 5.41) is 4.13. The number of ether oxygens (including phenoxy) is 2. The number of carbonyl (C=O) groups excluding carboxylic acids is 1. The molecule has 0 radical (unpaired) electrons. The fourth-order valence-electron chi connectivity index (χ4n) is 1.51. The molecule has 15 heavy (non-hydrogen) atoms. The molecule has 6 heteroatoms. The zero-order chi connectivity index (χ0) is 10.8. The first-order valence-electron chi connectivity index (χ1n) is 4.70. The lowest BCUT2D eigenvalue weighted by Gasteiger charge is -2.23. The number of hydrogen-bond acceptors (Lipinski definition) is 4. The Labute approximate surface area is 95.5 Å². The van der Waals surface area contributed by atoms with Gasteiger partial charge in [-0.3, -0.25) is 0 Å². The lowest BCUT2D eigenvalue weighted by atomic mass is 10.2. The summed E-state index contributed by atoms with van der Waals surface area (Å²) >= 11 is 3.35. The van der Waals surface area contributed by atoms with Gasteiger partial charge < -0.3 is 9.47 Å². The molecular formula is C9H11BrN2O3. The third kappa shape index (κ3) is 1.91. The average molecular weight is 275 g/mol. The van der Waals surface area contributed by atoms with Crippen molar-refractivity contribution in [3.05, 3.63) is 16.4 Å². The number of carbonyl (C=O) groups is 1. The van der Waals surface area contributed by atoms with Crippen LogP contribution in [-0.4, -0.2) is 29.0 Å². The summed E-state index contributed by atoms with van der Waals surface area (Å²) in [6.45, 7) is 2.94. The summed E-state index contributed by atoms with van der Waals surface area (Å²) in [7, 11) is 0. The van der Waals surface area contributed by atoms with E-state index in [2.05, 4.69) is 21.0 Å². The highest BCUT2D eigenvalue weighted by Crippen LogP contribution is 2.25. The summed E-state index contributed by atoms with van der Waals surface area (Å²) in [5.74, 6) is -0.297. The normalized spacial score (nSPS) is 19.7. The number of esters is 1. The van der Waals surface area contributed by atoms with Gasteiger partial charge in [0.15, 0.2) is 6.04 Å². The molecule has 0 amide bonds. The van der Waals surface area contributed by atoms with Crippen molar-refractivity contribution in [2.45, 2.75) is 19.6 Å². The van der Waals surface area contributed by atoms with Crippen molar-refractivity contribution < 1.29 is 14.3 Å². The van der Waals surface area contributed by atoms with Gasteiger partial charge in [0.2, 0.25) is 0 Å². The Kier molecular flexibility index (Phi) is 3.06. The van der Waals surface area contributed by atoms with E-state index in [9.17, 15) is 4.79 Å². The molecule has 0 N–H and O–H groups in total. The van der Waals surface area contributed by atoms with Crippen LogP contribution in [0, 0.1) is 0 Å². The molecule has 1 aromatic heterocycles. The maximum atomic E-state index is 11.6. The molecule has 0 saturated carbocycles. The summed E-state index contributed by atoms with van der Waals surface area (Å²) in [6.07, 6.45) is 1.66. The van der Waals surface area contributed by atoms with E-state index >= 15 is 0 Å². The first-order valence-corrected chi connectivity index (χ1v) is 5.49. The van der Waals surface area contributed by atoms with Gasteiger partial charge in [-0.05, 0) is 22.9 Å². The van der Waals surface area contributed by atoms with Gasteiger partial charge in [0.25, 0.3) is 0 Å². The van der Waals surface area contributed by atoms with Crippen LogP contribution in [0.25, 0.3) is 0 Å². The molecule has 0 fully saturated rings. The Hall–Kier alpha value is -0.880. The molecule has 1 aliphatic rings. The van der Waals surface area contributed by atoms with Gasteiger partial charge in [0.1, 0.15) is 0 Å². The van der Waals surface area contributed by atoms with Crippen LogP contribution in [0.5, 0.6) is 0 Å². The minimum Gasteiger partial charge on any atom is -0.464 e. The zero-order valence-electron chi connectivity index (χ0n) is 8.27. The fourth-order valence-corrected chi connectivity index (χ4v) is 1.90. The zero-order valence-corrected chi connectivity index (χ0v) is 9.86. The molecule has 2 rings (SSSR count). The Balaban J connectivity index is 2.26. The second-order valence-electron chi connectivity index (χ2n) is 3.17. The standard InChI is InChI=1S/C9H11BrN2O3/c1-2-15-9(13)8-5-14-4-7-6(10)3-11-12(7)8/h3,8H,2,4-5H2,1H3. The molecule has 1 aromatic rings. The van der Waals surface area contributed by atoms with Crippen molar-refractivity contribution in [1.29, 1.82) is 0 Å². The highest BCUT2D eigenvalue weighted by atomic mass is 79.9. The van der Waals surface area contributed by atoms with Crippen molar-refractivity contribution in [2.75, 3.05) is 13.2 Å². The summed E-state index contributed by atoms with van der Waals surface area (Å²) in [6, 6.07) is -0.458. The van der Waals surface area contributed by atoms with Crippen molar-refractivity contribution in [1.82, 2.24) is 9.78 Å². The first-order chi connectivity index (χ1) is 7.24. The molecule has 0 aliphatic carbocycles. The molecule has 1 unspecified atom stereocenters. The monoisotopic (exact) mass is 274 g/mol. The van der Waals surface area contributed by atoms with Crippen LogP contribution in [0.15, 0.2) is 10.7 Å². The number of fused-ring (bicyclic) bond motifs is 1. The molecule has 1 atom stereocenters. The van der Waals surface area contributed by atoms with E-state index in [1.54, 1.807) is 17.8 Å². The summed E-state index contributed by atoms with van der Waals surface area (Å²) < 4.78 is 12.8. The Morgan fingerprint density at radius 1 is 1.87 bits per heavy atom. The maximum Gasteiger partial charge on any atom is 0.333 e. The maximum absolute atomic E-state index is 11.6. The number of nitrogens with zero attached hydrogens (tertiary/aromatic N) is 2. The van der Waals surface area contributed by atoms with Crippen LogP contribution in [-0.2, 0) is 20.9 Å². The Morgan fingerprint density at radius 2 is 2.67 bits per heavy atom. The smallest absolute Gasteiger partial charge is 0.333 e. The van der Waals surface area contributed by atoms with Crippen LogP contribution in [0.1, 0.15) is 18.7 Å². The van der Waals surface area contributed by atoms with Crippen molar-refractivity contribution in [2.24, 2.45) is 0 Å². The van der Waals surface area contributed by atoms with E-state index in [0.717, 1.165) is 10.2 Å². The number of aromatic nitrogens is 2. The SMILES string of the molecule is CCOC(=O)C1COCc2c(Br)cnn21. The van der Waals surface area contributed by atoms with E-state index in [0.29, 0.717) is 19.8 Å². The van der Waals surface area contributed by atoms with Gasteiger partial charge in [-0.25, -0.2) is 9.48 Å². The van der Waals surface area contributed by atoms with Gasteiger partial charge >= 0.3 is 5.97 Å². The van der Waals surface area contributed by atoms with E-state index in [4.69, 9.17) is 9.47 Å². The topological polar surface area (TPSA) is 53.4 Å². The lowest BCUT2D eigenvalue weighted by Crippen LogP contribution is -2.32. The molecule has 2 heterocycles. The molecular weight excluding hydrogens is 264 g/mol. The van der Waals surface area contributed by atoms with Crippen LogP contribution in [0.4, 0.5) is 0 Å². The van der Waals surface area contributed by atoms with Crippen molar-refractivity contribution >= 4 is 21.9 Å². The van der Waals surface area contributed by atoms with Gasteiger partial charge in [-0.1, -0.05) is 0 Å². The first kappa shape index (κ1) is 10.6. The summed E-state index contributed by atoms with van der Waals surface area (Å²) in [5.41, 5.74) is 0.874. The van der Waals surface area contributed by atoms with Crippen LogP contribution in [0.2, 0.25) is 0 Å².